The molecule has 3 nitrogen and oxygen atoms in total. The summed E-state index contributed by atoms with van der Waals surface area (Å²) in [4.78, 5) is 14.9. The van der Waals surface area contributed by atoms with Crippen molar-refractivity contribution in [2.75, 3.05) is 0 Å². The Morgan fingerprint density at radius 2 is 0.879 bits per heavy atom. The molecule has 8 aromatic carbocycles. The fraction of sp³-hybridized carbons (Fsp3) is 0.0364. The second-order valence-electron chi connectivity index (χ2n) is 15.1. The molecule has 0 atom stereocenters. The van der Waals surface area contributed by atoms with Gasteiger partial charge in [0.15, 0.2) is 5.82 Å². The Morgan fingerprint density at radius 3 is 1.59 bits per heavy atom. The molecule has 2 heterocycles. The number of pyridine rings is 1. The monoisotopic (exact) mass is 739 g/mol. The van der Waals surface area contributed by atoms with E-state index >= 15 is 0 Å². The van der Waals surface area contributed by atoms with Crippen LogP contribution in [-0.2, 0) is 6.42 Å². The minimum Gasteiger partial charge on any atom is -0.263 e. The molecule has 58 heavy (non-hydrogen) atoms. The van der Waals surface area contributed by atoms with Crippen molar-refractivity contribution >= 4 is 44.0 Å². The lowest BCUT2D eigenvalue weighted by atomic mass is 9.82. The summed E-state index contributed by atoms with van der Waals surface area (Å²) < 4.78 is 0. The highest BCUT2D eigenvalue weighted by molar-refractivity contribution is 6.14. The lowest BCUT2D eigenvalue weighted by Gasteiger charge is -2.21. The summed E-state index contributed by atoms with van der Waals surface area (Å²) in [6.07, 6.45) is 8.31. The second-order valence-corrected chi connectivity index (χ2v) is 15.1. The summed E-state index contributed by atoms with van der Waals surface area (Å²) in [5.74, 6) is 0.703. The van der Waals surface area contributed by atoms with Crippen molar-refractivity contribution in [3.8, 4) is 56.2 Å². The Bertz CT molecular complexity index is 3180. The van der Waals surface area contributed by atoms with Crippen molar-refractivity contribution in [3.05, 3.63) is 211 Å². The molecular weight excluding hydrogens is 703 g/mol. The van der Waals surface area contributed by atoms with Gasteiger partial charge >= 0.3 is 0 Å². The fourth-order valence-corrected chi connectivity index (χ4v) is 8.75. The number of hydrogen-bond acceptors (Lipinski definition) is 3. The summed E-state index contributed by atoms with van der Waals surface area (Å²) in [6.45, 7) is 0. The van der Waals surface area contributed by atoms with Gasteiger partial charge in [-0.05, 0) is 84.8 Å². The van der Waals surface area contributed by atoms with Gasteiger partial charge in [-0.25, -0.2) is 9.97 Å². The summed E-state index contributed by atoms with van der Waals surface area (Å²) in [7, 11) is 0. The maximum atomic E-state index is 5.21. The van der Waals surface area contributed by atoms with Crippen molar-refractivity contribution in [1.29, 1.82) is 0 Å². The molecule has 1 aliphatic rings. The van der Waals surface area contributed by atoms with Crippen LogP contribution in [0.25, 0.3) is 100 Å². The SMILES string of the molecule is C1=C(c2ccc(-c3nc(-c4ccc(-c5ccccc5)cc4)cc(-c4ccc(-c5cncc6ccccc56)cc4)n3)cc2)CCc2c1c1ccccc1c1ccccc21. The molecule has 0 fully saturated rings. The molecule has 3 heteroatoms. The molecule has 0 saturated carbocycles. The Balaban J connectivity index is 0.975. The first-order valence-electron chi connectivity index (χ1n) is 20.0. The number of aryl methyl sites for hydroxylation is 1. The number of allylic oxidation sites excluding steroid dienone is 1. The average molecular weight is 740 g/mol. The smallest absolute Gasteiger partial charge is 0.160 e. The van der Waals surface area contributed by atoms with Crippen molar-refractivity contribution < 1.29 is 0 Å². The summed E-state index contributed by atoms with van der Waals surface area (Å²) in [5, 5.41) is 7.66. The van der Waals surface area contributed by atoms with E-state index in [0.29, 0.717) is 5.82 Å². The Morgan fingerprint density at radius 1 is 0.362 bits per heavy atom. The quantitative estimate of drug-likeness (QED) is 0.159. The highest BCUT2D eigenvalue weighted by Gasteiger charge is 2.19. The first kappa shape index (κ1) is 33.8. The van der Waals surface area contributed by atoms with E-state index < -0.39 is 0 Å². The van der Waals surface area contributed by atoms with Crippen LogP contribution < -0.4 is 0 Å². The van der Waals surface area contributed by atoms with Crippen LogP contribution in [0.3, 0.4) is 0 Å². The van der Waals surface area contributed by atoms with Crippen molar-refractivity contribution in [1.82, 2.24) is 15.0 Å². The number of aromatic nitrogens is 3. The van der Waals surface area contributed by atoms with E-state index in [1.165, 1.54) is 60.3 Å². The summed E-state index contributed by atoms with van der Waals surface area (Å²) in [6, 6.07) is 64.9. The average Bonchev–Trinajstić information content (AvgIpc) is 3.31. The van der Waals surface area contributed by atoms with Gasteiger partial charge in [-0.2, -0.15) is 0 Å². The predicted octanol–water partition coefficient (Wildman–Crippen LogP) is 14.2. The number of rotatable bonds is 6. The van der Waals surface area contributed by atoms with Crippen LogP contribution in [0.2, 0.25) is 0 Å². The maximum absolute atomic E-state index is 5.21. The third-order valence-electron chi connectivity index (χ3n) is 11.7. The van der Waals surface area contributed by atoms with Gasteiger partial charge in [0.25, 0.3) is 0 Å². The fourth-order valence-electron chi connectivity index (χ4n) is 8.75. The number of nitrogens with zero attached hydrogens (tertiary/aromatic N) is 3. The van der Waals surface area contributed by atoms with Gasteiger partial charge in [0.2, 0.25) is 0 Å². The Hall–Kier alpha value is -7.49. The molecule has 10 aromatic rings. The van der Waals surface area contributed by atoms with Gasteiger partial charge in [-0.1, -0.05) is 182 Å². The van der Waals surface area contributed by atoms with Gasteiger partial charge in [-0.15, -0.1) is 0 Å². The molecular formula is C55H37N3. The summed E-state index contributed by atoms with van der Waals surface area (Å²) in [5.41, 5.74) is 14.8. The van der Waals surface area contributed by atoms with Gasteiger partial charge in [0.05, 0.1) is 11.4 Å². The Labute approximate surface area is 337 Å². The molecule has 0 bridgehead atoms. The molecule has 272 valence electrons. The van der Waals surface area contributed by atoms with Crippen molar-refractivity contribution in [3.63, 3.8) is 0 Å². The lowest BCUT2D eigenvalue weighted by Crippen LogP contribution is -2.02. The number of benzene rings is 8. The van der Waals surface area contributed by atoms with Crippen LogP contribution in [0.4, 0.5) is 0 Å². The van der Waals surface area contributed by atoms with Crippen molar-refractivity contribution in [2.45, 2.75) is 12.8 Å². The zero-order valence-corrected chi connectivity index (χ0v) is 31.8. The predicted molar refractivity (Wildman–Crippen MR) is 242 cm³/mol. The van der Waals surface area contributed by atoms with Crippen LogP contribution in [0, 0.1) is 0 Å². The van der Waals surface area contributed by atoms with E-state index in [4.69, 9.17) is 9.97 Å². The molecule has 0 saturated heterocycles. The molecule has 2 aromatic heterocycles. The third kappa shape index (κ3) is 6.05. The first-order valence-corrected chi connectivity index (χ1v) is 20.0. The molecule has 0 unspecified atom stereocenters. The molecule has 0 radical (unpaired) electrons. The van der Waals surface area contributed by atoms with Gasteiger partial charge in [-0.3, -0.25) is 4.98 Å². The van der Waals surface area contributed by atoms with Gasteiger partial charge in [0.1, 0.15) is 0 Å². The second kappa shape index (κ2) is 14.2. The van der Waals surface area contributed by atoms with Crippen LogP contribution >= 0.6 is 0 Å². The highest BCUT2D eigenvalue weighted by Crippen LogP contribution is 2.41. The van der Waals surface area contributed by atoms with E-state index in [1.54, 1.807) is 0 Å². The van der Waals surface area contributed by atoms with Crippen LogP contribution in [-0.4, -0.2) is 15.0 Å². The minimum atomic E-state index is 0.703. The molecule has 0 aliphatic heterocycles. The van der Waals surface area contributed by atoms with E-state index in [1.807, 2.05) is 18.5 Å². The standard InChI is InChI=1S/C55H37N3/c1-2-10-36(11-3-1)37-18-24-40(25-19-37)53-33-54(41-26-22-39(23-27-41)52-35-56-34-44-12-4-5-13-45(44)52)58-55(57-53)42-28-20-38(21-29-42)43-30-31-50-48-16-7-6-14-46(48)47-15-8-9-17-49(47)51(50)32-43/h1-29,32-35H,30-31H2. The summed E-state index contributed by atoms with van der Waals surface area (Å²) >= 11 is 0. The zero-order valence-electron chi connectivity index (χ0n) is 31.8. The van der Waals surface area contributed by atoms with Crippen LogP contribution in [0.15, 0.2) is 194 Å². The molecule has 0 amide bonds. The normalized spacial score (nSPS) is 12.4. The molecule has 1 aliphatic carbocycles. The van der Waals surface area contributed by atoms with Gasteiger partial charge < -0.3 is 0 Å². The minimum absolute atomic E-state index is 0.703. The lowest BCUT2D eigenvalue weighted by molar-refractivity contribution is 1.02. The molecule has 11 rings (SSSR count). The third-order valence-corrected chi connectivity index (χ3v) is 11.7. The van der Waals surface area contributed by atoms with E-state index in [0.717, 1.165) is 57.4 Å². The largest absolute Gasteiger partial charge is 0.263 e. The van der Waals surface area contributed by atoms with E-state index in [2.05, 4.69) is 187 Å². The van der Waals surface area contributed by atoms with Crippen LogP contribution in [0.1, 0.15) is 23.1 Å². The highest BCUT2D eigenvalue weighted by atomic mass is 14.9. The van der Waals surface area contributed by atoms with E-state index in [9.17, 15) is 0 Å². The number of fused-ring (bicyclic) bond motifs is 7. The Kier molecular flexibility index (Phi) is 8.29. The van der Waals surface area contributed by atoms with Crippen LogP contribution in [0.5, 0.6) is 0 Å². The first-order chi connectivity index (χ1) is 28.7. The number of hydrogen-bond donors (Lipinski definition) is 0. The molecule has 0 N–H and O–H groups in total. The van der Waals surface area contributed by atoms with Crippen molar-refractivity contribution in [2.24, 2.45) is 0 Å². The topological polar surface area (TPSA) is 38.7 Å². The maximum Gasteiger partial charge on any atom is 0.160 e. The molecule has 0 spiro atoms. The van der Waals surface area contributed by atoms with E-state index in [-0.39, 0.29) is 0 Å². The van der Waals surface area contributed by atoms with Gasteiger partial charge in [0, 0.05) is 40.0 Å². The zero-order chi connectivity index (χ0) is 38.4.